The van der Waals surface area contributed by atoms with Gasteiger partial charge in [0.05, 0.1) is 19.8 Å². The fourth-order valence-corrected chi connectivity index (χ4v) is 2.59. The van der Waals surface area contributed by atoms with Crippen LogP contribution in [0.2, 0.25) is 0 Å². The lowest BCUT2D eigenvalue weighted by molar-refractivity contribution is -0.136. The van der Waals surface area contributed by atoms with Gasteiger partial charge in [-0.25, -0.2) is 0 Å². The highest BCUT2D eigenvalue weighted by Gasteiger charge is 2.23. The van der Waals surface area contributed by atoms with Crippen molar-refractivity contribution in [1.82, 2.24) is 9.80 Å². The van der Waals surface area contributed by atoms with E-state index in [1.807, 2.05) is 4.90 Å². The molecule has 0 spiro atoms. The Kier molecular flexibility index (Phi) is 4.76. The van der Waals surface area contributed by atoms with E-state index in [1.165, 1.54) is 6.42 Å². The van der Waals surface area contributed by atoms with Gasteiger partial charge in [0, 0.05) is 19.6 Å². The highest BCUT2D eigenvalue weighted by molar-refractivity contribution is 5.78. The molecule has 0 aromatic heterocycles. The van der Waals surface area contributed by atoms with Gasteiger partial charge < -0.3 is 15.4 Å². The molecule has 17 heavy (non-hydrogen) atoms. The van der Waals surface area contributed by atoms with Crippen molar-refractivity contribution in [3.8, 4) is 0 Å². The first-order valence-corrected chi connectivity index (χ1v) is 6.57. The second-order valence-corrected chi connectivity index (χ2v) is 4.97. The number of ether oxygens (including phenoxy) is 1. The third kappa shape index (κ3) is 3.66. The number of likely N-dealkylation sites (tertiary alicyclic amines) is 1. The van der Waals surface area contributed by atoms with Gasteiger partial charge in [-0.1, -0.05) is 0 Å². The number of amides is 1. The van der Waals surface area contributed by atoms with Crippen LogP contribution in [-0.2, 0) is 9.53 Å². The molecule has 0 bridgehead atoms. The average molecular weight is 241 g/mol. The van der Waals surface area contributed by atoms with Gasteiger partial charge in [-0.15, -0.1) is 0 Å². The second kappa shape index (κ2) is 6.33. The standard InChI is InChI=1S/C12H23N3O2/c13-8-11-2-1-3-14(9-11)10-12(16)15-4-6-17-7-5-15/h11H,1-10,13H2. The zero-order chi connectivity index (χ0) is 12.1. The Labute approximate surface area is 103 Å². The molecular formula is C12H23N3O2. The second-order valence-electron chi connectivity index (χ2n) is 4.97. The molecule has 1 unspecified atom stereocenters. The van der Waals surface area contributed by atoms with Crippen LogP contribution in [0.3, 0.4) is 0 Å². The highest BCUT2D eigenvalue weighted by atomic mass is 16.5. The molecule has 2 heterocycles. The van der Waals surface area contributed by atoms with Crippen LogP contribution in [0.4, 0.5) is 0 Å². The molecule has 2 aliphatic heterocycles. The summed E-state index contributed by atoms with van der Waals surface area (Å²) < 4.78 is 5.25. The number of hydrogen-bond acceptors (Lipinski definition) is 4. The van der Waals surface area contributed by atoms with Crippen molar-refractivity contribution in [3.63, 3.8) is 0 Å². The van der Waals surface area contributed by atoms with Gasteiger partial charge in [0.2, 0.25) is 5.91 Å². The molecule has 98 valence electrons. The van der Waals surface area contributed by atoms with Crippen molar-refractivity contribution < 1.29 is 9.53 Å². The summed E-state index contributed by atoms with van der Waals surface area (Å²) in [4.78, 5) is 16.2. The minimum absolute atomic E-state index is 0.242. The molecule has 0 aromatic rings. The molecule has 2 rings (SSSR count). The quantitative estimate of drug-likeness (QED) is 0.725. The predicted octanol–water partition coefficient (Wildman–Crippen LogP) is -0.484. The normalized spacial score (nSPS) is 27.1. The summed E-state index contributed by atoms with van der Waals surface area (Å²) in [6, 6.07) is 0. The Morgan fingerprint density at radius 3 is 2.76 bits per heavy atom. The molecule has 0 saturated carbocycles. The summed E-state index contributed by atoms with van der Waals surface area (Å²) in [5.74, 6) is 0.812. The lowest BCUT2D eigenvalue weighted by Crippen LogP contribution is -2.48. The van der Waals surface area contributed by atoms with Crippen molar-refractivity contribution in [3.05, 3.63) is 0 Å². The molecule has 2 fully saturated rings. The first-order chi connectivity index (χ1) is 8.29. The number of nitrogens with two attached hydrogens (primary N) is 1. The summed E-state index contributed by atoms with van der Waals surface area (Å²) in [5, 5.41) is 0. The van der Waals surface area contributed by atoms with E-state index in [4.69, 9.17) is 10.5 Å². The lowest BCUT2D eigenvalue weighted by Gasteiger charge is -2.34. The molecule has 2 N–H and O–H groups in total. The Morgan fingerprint density at radius 1 is 1.29 bits per heavy atom. The smallest absolute Gasteiger partial charge is 0.236 e. The molecular weight excluding hydrogens is 218 g/mol. The van der Waals surface area contributed by atoms with Crippen LogP contribution in [0.15, 0.2) is 0 Å². The fourth-order valence-electron chi connectivity index (χ4n) is 2.59. The summed E-state index contributed by atoms with van der Waals surface area (Å²) in [6.07, 6.45) is 2.37. The predicted molar refractivity (Wildman–Crippen MR) is 65.6 cm³/mol. The van der Waals surface area contributed by atoms with Gasteiger partial charge in [0.15, 0.2) is 0 Å². The van der Waals surface area contributed by atoms with Crippen LogP contribution < -0.4 is 5.73 Å². The number of morpholine rings is 1. The first kappa shape index (κ1) is 12.8. The van der Waals surface area contributed by atoms with Crippen LogP contribution in [0.1, 0.15) is 12.8 Å². The summed E-state index contributed by atoms with van der Waals surface area (Å²) in [6.45, 7) is 6.15. The fraction of sp³-hybridized carbons (Fsp3) is 0.917. The van der Waals surface area contributed by atoms with Crippen LogP contribution in [0.5, 0.6) is 0 Å². The SMILES string of the molecule is NCC1CCCN(CC(=O)N2CCOCC2)C1. The molecule has 0 radical (unpaired) electrons. The minimum Gasteiger partial charge on any atom is -0.378 e. The third-order valence-corrected chi connectivity index (χ3v) is 3.66. The largest absolute Gasteiger partial charge is 0.378 e. The average Bonchev–Trinajstić information content (AvgIpc) is 2.40. The third-order valence-electron chi connectivity index (χ3n) is 3.66. The van der Waals surface area contributed by atoms with E-state index in [0.717, 1.165) is 39.1 Å². The lowest BCUT2D eigenvalue weighted by atomic mass is 9.98. The van der Waals surface area contributed by atoms with Crippen LogP contribution >= 0.6 is 0 Å². The number of hydrogen-bond donors (Lipinski definition) is 1. The Hall–Kier alpha value is -0.650. The van der Waals surface area contributed by atoms with E-state index in [0.29, 0.717) is 25.7 Å². The monoisotopic (exact) mass is 241 g/mol. The zero-order valence-electron chi connectivity index (χ0n) is 10.4. The first-order valence-electron chi connectivity index (χ1n) is 6.57. The molecule has 5 heteroatoms. The Morgan fingerprint density at radius 2 is 2.06 bits per heavy atom. The van der Waals surface area contributed by atoms with Gasteiger partial charge in [0.25, 0.3) is 0 Å². The van der Waals surface area contributed by atoms with Crippen LogP contribution in [0.25, 0.3) is 0 Å². The van der Waals surface area contributed by atoms with E-state index in [1.54, 1.807) is 0 Å². The van der Waals surface area contributed by atoms with Gasteiger partial charge in [-0.05, 0) is 31.8 Å². The number of carbonyl (C=O) groups excluding carboxylic acids is 1. The Bertz CT molecular complexity index is 254. The minimum atomic E-state index is 0.242. The number of piperidine rings is 1. The van der Waals surface area contributed by atoms with Gasteiger partial charge >= 0.3 is 0 Å². The maximum absolute atomic E-state index is 12.1. The van der Waals surface area contributed by atoms with Crippen LogP contribution in [0, 0.1) is 5.92 Å². The number of nitrogens with zero attached hydrogens (tertiary/aromatic N) is 2. The van der Waals surface area contributed by atoms with Crippen molar-refractivity contribution in [2.75, 3.05) is 52.5 Å². The van der Waals surface area contributed by atoms with E-state index in [9.17, 15) is 4.79 Å². The van der Waals surface area contributed by atoms with Crippen LogP contribution in [-0.4, -0.2) is 68.2 Å². The van der Waals surface area contributed by atoms with Crippen molar-refractivity contribution in [2.45, 2.75) is 12.8 Å². The maximum atomic E-state index is 12.1. The van der Waals surface area contributed by atoms with Crippen molar-refractivity contribution in [2.24, 2.45) is 11.7 Å². The highest BCUT2D eigenvalue weighted by Crippen LogP contribution is 2.15. The van der Waals surface area contributed by atoms with E-state index in [-0.39, 0.29) is 5.91 Å². The molecule has 0 aromatic carbocycles. The zero-order valence-corrected chi connectivity index (χ0v) is 10.4. The van der Waals surface area contributed by atoms with E-state index in [2.05, 4.69) is 4.90 Å². The van der Waals surface area contributed by atoms with E-state index < -0.39 is 0 Å². The van der Waals surface area contributed by atoms with Gasteiger partial charge in [-0.3, -0.25) is 9.69 Å². The summed E-state index contributed by atoms with van der Waals surface area (Å²) in [7, 11) is 0. The summed E-state index contributed by atoms with van der Waals surface area (Å²) >= 11 is 0. The Balaban J connectivity index is 1.77. The molecule has 1 atom stereocenters. The van der Waals surface area contributed by atoms with E-state index >= 15 is 0 Å². The molecule has 5 nitrogen and oxygen atoms in total. The van der Waals surface area contributed by atoms with Crippen molar-refractivity contribution >= 4 is 5.91 Å². The van der Waals surface area contributed by atoms with Gasteiger partial charge in [0.1, 0.15) is 0 Å². The molecule has 2 aliphatic rings. The molecule has 2 saturated heterocycles. The number of carbonyl (C=O) groups is 1. The molecule has 1 amide bonds. The maximum Gasteiger partial charge on any atom is 0.236 e. The molecule has 0 aliphatic carbocycles. The topological polar surface area (TPSA) is 58.8 Å². The number of rotatable bonds is 3. The van der Waals surface area contributed by atoms with Gasteiger partial charge in [-0.2, -0.15) is 0 Å². The summed E-state index contributed by atoms with van der Waals surface area (Å²) in [5.41, 5.74) is 5.70. The van der Waals surface area contributed by atoms with Crippen molar-refractivity contribution in [1.29, 1.82) is 0 Å².